The molecule has 1 amide bonds. The van der Waals surface area contributed by atoms with Gasteiger partial charge in [0.05, 0.1) is 24.8 Å². The molecule has 0 atom stereocenters. The van der Waals surface area contributed by atoms with Crippen LogP contribution in [0.4, 0.5) is 5.69 Å². The van der Waals surface area contributed by atoms with Crippen LogP contribution in [0.1, 0.15) is 18.4 Å². The van der Waals surface area contributed by atoms with Crippen molar-refractivity contribution in [3.05, 3.63) is 48.0 Å². The molecule has 1 fully saturated rings. The SMILES string of the molecule is COc1ccc(N(CC(=O)N2CCCC2)S(=O)(=O)c2ccc(C)cc2)cc1OC. The highest BCUT2D eigenvalue weighted by Gasteiger charge is 2.30. The van der Waals surface area contributed by atoms with Crippen molar-refractivity contribution >= 4 is 21.6 Å². The molecule has 1 saturated heterocycles. The minimum Gasteiger partial charge on any atom is -0.493 e. The van der Waals surface area contributed by atoms with Gasteiger partial charge in [0.1, 0.15) is 6.54 Å². The van der Waals surface area contributed by atoms with Crippen LogP contribution in [0.25, 0.3) is 0 Å². The summed E-state index contributed by atoms with van der Waals surface area (Å²) >= 11 is 0. The van der Waals surface area contributed by atoms with Crippen LogP contribution in [0.2, 0.25) is 0 Å². The zero-order valence-electron chi connectivity index (χ0n) is 16.9. The summed E-state index contributed by atoms with van der Waals surface area (Å²) < 4.78 is 38.6. The number of aryl methyl sites for hydroxylation is 1. The number of anilines is 1. The van der Waals surface area contributed by atoms with E-state index in [0.717, 1.165) is 22.7 Å². The van der Waals surface area contributed by atoms with Gasteiger partial charge < -0.3 is 14.4 Å². The molecule has 156 valence electrons. The third-order valence-electron chi connectivity index (χ3n) is 5.00. The molecule has 29 heavy (non-hydrogen) atoms. The lowest BCUT2D eigenvalue weighted by Gasteiger charge is -2.27. The molecule has 3 rings (SSSR count). The Hall–Kier alpha value is -2.74. The van der Waals surface area contributed by atoms with Crippen molar-refractivity contribution in [2.24, 2.45) is 0 Å². The second-order valence-corrected chi connectivity index (χ2v) is 8.81. The predicted molar refractivity (Wildman–Crippen MR) is 111 cm³/mol. The highest BCUT2D eigenvalue weighted by molar-refractivity contribution is 7.92. The first-order chi connectivity index (χ1) is 13.9. The van der Waals surface area contributed by atoms with E-state index in [4.69, 9.17) is 9.47 Å². The van der Waals surface area contributed by atoms with Crippen LogP contribution >= 0.6 is 0 Å². The Morgan fingerprint density at radius 2 is 1.62 bits per heavy atom. The van der Waals surface area contributed by atoms with E-state index in [2.05, 4.69) is 0 Å². The zero-order chi connectivity index (χ0) is 21.0. The molecule has 1 aliphatic rings. The van der Waals surface area contributed by atoms with Crippen molar-refractivity contribution in [1.29, 1.82) is 0 Å². The second kappa shape index (κ2) is 8.73. The molecule has 2 aromatic carbocycles. The van der Waals surface area contributed by atoms with E-state index in [-0.39, 0.29) is 17.3 Å². The van der Waals surface area contributed by atoms with Crippen LogP contribution in [0.5, 0.6) is 11.5 Å². The Balaban J connectivity index is 2.03. The maximum Gasteiger partial charge on any atom is 0.264 e. The molecular formula is C21H26N2O5S. The third-order valence-corrected chi connectivity index (χ3v) is 6.79. The van der Waals surface area contributed by atoms with Crippen molar-refractivity contribution in [2.45, 2.75) is 24.7 Å². The summed E-state index contributed by atoms with van der Waals surface area (Å²) in [5.41, 5.74) is 1.30. The molecule has 7 nitrogen and oxygen atoms in total. The average molecular weight is 419 g/mol. The largest absolute Gasteiger partial charge is 0.493 e. The van der Waals surface area contributed by atoms with Gasteiger partial charge in [-0.2, -0.15) is 0 Å². The van der Waals surface area contributed by atoms with E-state index in [1.807, 2.05) is 6.92 Å². The minimum atomic E-state index is -3.95. The number of benzene rings is 2. The normalized spacial score (nSPS) is 14.0. The van der Waals surface area contributed by atoms with E-state index >= 15 is 0 Å². The Bertz CT molecular complexity index is 967. The molecule has 1 aliphatic heterocycles. The summed E-state index contributed by atoms with van der Waals surface area (Å²) in [5, 5.41) is 0. The van der Waals surface area contributed by atoms with Crippen LogP contribution < -0.4 is 13.8 Å². The molecule has 0 aliphatic carbocycles. The van der Waals surface area contributed by atoms with Gasteiger partial charge in [-0.25, -0.2) is 8.42 Å². The molecule has 0 unspecified atom stereocenters. The van der Waals surface area contributed by atoms with Crippen LogP contribution in [-0.2, 0) is 14.8 Å². The number of carbonyl (C=O) groups is 1. The molecule has 0 N–H and O–H groups in total. The number of hydrogen-bond donors (Lipinski definition) is 0. The fraction of sp³-hybridized carbons (Fsp3) is 0.381. The summed E-state index contributed by atoms with van der Waals surface area (Å²) in [6.45, 7) is 2.93. The number of nitrogens with zero attached hydrogens (tertiary/aromatic N) is 2. The Morgan fingerprint density at radius 1 is 1.00 bits per heavy atom. The van der Waals surface area contributed by atoms with Gasteiger partial charge in [0.15, 0.2) is 11.5 Å². The molecule has 8 heteroatoms. The number of rotatable bonds is 7. The van der Waals surface area contributed by atoms with E-state index in [9.17, 15) is 13.2 Å². The standard InChI is InChI=1S/C21H26N2O5S/c1-16-6-9-18(10-7-16)29(25,26)23(15-21(24)22-12-4-5-13-22)17-8-11-19(27-2)20(14-17)28-3/h6-11,14H,4-5,12-13,15H2,1-3H3. The first-order valence-corrected chi connectivity index (χ1v) is 10.9. The van der Waals surface area contributed by atoms with Crippen LogP contribution in [0.15, 0.2) is 47.4 Å². The highest BCUT2D eigenvalue weighted by atomic mass is 32.2. The number of likely N-dealkylation sites (tertiary alicyclic amines) is 1. The van der Waals surface area contributed by atoms with E-state index < -0.39 is 10.0 Å². The molecule has 0 spiro atoms. The number of carbonyl (C=O) groups excluding carboxylic acids is 1. The van der Waals surface area contributed by atoms with Gasteiger partial charge in [-0.15, -0.1) is 0 Å². The van der Waals surface area contributed by atoms with Gasteiger partial charge in [0.2, 0.25) is 5.91 Å². The summed E-state index contributed by atoms with van der Waals surface area (Å²) in [5.74, 6) is 0.658. The topological polar surface area (TPSA) is 76.2 Å². The lowest BCUT2D eigenvalue weighted by molar-refractivity contribution is -0.128. The fourth-order valence-corrected chi connectivity index (χ4v) is 4.73. The molecule has 0 bridgehead atoms. The van der Waals surface area contributed by atoms with E-state index in [0.29, 0.717) is 30.3 Å². The van der Waals surface area contributed by atoms with Crippen molar-refractivity contribution in [1.82, 2.24) is 4.90 Å². The van der Waals surface area contributed by atoms with Gasteiger partial charge >= 0.3 is 0 Å². The number of ether oxygens (including phenoxy) is 2. The maximum absolute atomic E-state index is 13.4. The van der Waals surface area contributed by atoms with Crippen molar-refractivity contribution < 1.29 is 22.7 Å². The van der Waals surface area contributed by atoms with Gasteiger partial charge in [-0.3, -0.25) is 9.10 Å². The number of methoxy groups -OCH3 is 2. The maximum atomic E-state index is 13.4. The van der Waals surface area contributed by atoms with Crippen molar-refractivity contribution in [3.8, 4) is 11.5 Å². The molecule has 2 aromatic rings. The van der Waals surface area contributed by atoms with Crippen molar-refractivity contribution in [2.75, 3.05) is 38.2 Å². The number of sulfonamides is 1. The van der Waals surface area contributed by atoms with Gasteiger partial charge in [-0.1, -0.05) is 17.7 Å². The lowest BCUT2D eigenvalue weighted by Crippen LogP contribution is -2.42. The van der Waals surface area contributed by atoms with Crippen LogP contribution in [0, 0.1) is 6.92 Å². The fourth-order valence-electron chi connectivity index (χ4n) is 3.32. The van der Waals surface area contributed by atoms with Gasteiger partial charge in [0, 0.05) is 19.2 Å². The monoisotopic (exact) mass is 418 g/mol. The molecule has 0 aromatic heterocycles. The highest BCUT2D eigenvalue weighted by Crippen LogP contribution is 2.34. The van der Waals surface area contributed by atoms with E-state index in [1.165, 1.54) is 14.2 Å². The van der Waals surface area contributed by atoms with Gasteiger partial charge in [0.25, 0.3) is 10.0 Å². The Morgan fingerprint density at radius 3 is 2.21 bits per heavy atom. The van der Waals surface area contributed by atoms with Crippen LogP contribution in [0.3, 0.4) is 0 Å². The minimum absolute atomic E-state index is 0.132. The molecule has 0 saturated carbocycles. The second-order valence-electron chi connectivity index (χ2n) is 6.95. The smallest absolute Gasteiger partial charge is 0.264 e. The average Bonchev–Trinajstić information content (AvgIpc) is 3.26. The summed E-state index contributed by atoms with van der Waals surface area (Å²) in [4.78, 5) is 14.6. The number of hydrogen-bond acceptors (Lipinski definition) is 5. The first kappa shape index (κ1) is 21.0. The van der Waals surface area contributed by atoms with Crippen molar-refractivity contribution in [3.63, 3.8) is 0 Å². The molecule has 1 heterocycles. The lowest BCUT2D eigenvalue weighted by atomic mass is 10.2. The molecule has 0 radical (unpaired) electrons. The summed E-state index contributed by atoms with van der Waals surface area (Å²) in [6, 6.07) is 11.4. The van der Waals surface area contributed by atoms with E-state index in [1.54, 1.807) is 47.4 Å². The molecular weight excluding hydrogens is 392 g/mol. The Labute approximate surface area is 171 Å². The first-order valence-electron chi connectivity index (χ1n) is 9.46. The number of amides is 1. The predicted octanol–water partition coefficient (Wildman–Crippen LogP) is 2.83. The summed E-state index contributed by atoms with van der Waals surface area (Å²) in [6.07, 6.45) is 1.87. The van der Waals surface area contributed by atoms with Gasteiger partial charge in [-0.05, 0) is 44.0 Å². The third kappa shape index (κ3) is 4.48. The summed E-state index contributed by atoms with van der Waals surface area (Å²) in [7, 11) is -0.959. The zero-order valence-corrected chi connectivity index (χ0v) is 17.7. The quantitative estimate of drug-likeness (QED) is 0.691. The Kier molecular flexibility index (Phi) is 6.32. The van der Waals surface area contributed by atoms with Crippen LogP contribution in [-0.4, -0.2) is 53.1 Å².